The van der Waals surface area contributed by atoms with E-state index in [1.807, 2.05) is 36.4 Å². The van der Waals surface area contributed by atoms with Crippen molar-refractivity contribution in [1.29, 1.82) is 0 Å². The summed E-state index contributed by atoms with van der Waals surface area (Å²) in [6.45, 7) is 2.21. The molecule has 0 atom stereocenters. The highest BCUT2D eigenvalue weighted by Crippen LogP contribution is 2.24. The van der Waals surface area contributed by atoms with Gasteiger partial charge in [0, 0.05) is 11.1 Å². The number of ketones is 1. The van der Waals surface area contributed by atoms with Crippen molar-refractivity contribution in [1.82, 2.24) is 0 Å². The zero-order chi connectivity index (χ0) is 15.8. The minimum absolute atomic E-state index is 0.117. The van der Waals surface area contributed by atoms with Crippen molar-refractivity contribution in [3.63, 3.8) is 0 Å². The second kappa shape index (κ2) is 9.09. The SMILES string of the molecule is C/C(CCCCCI)=C1\C=C(C(=O)c2ccccc2)C=CC1. The van der Waals surface area contributed by atoms with Gasteiger partial charge in [0.05, 0.1) is 0 Å². The summed E-state index contributed by atoms with van der Waals surface area (Å²) in [6.07, 6.45) is 12.1. The highest BCUT2D eigenvalue weighted by molar-refractivity contribution is 14.1. The van der Waals surface area contributed by atoms with E-state index in [1.165, 1.54) is 34.8 Å². The minimum atomic E-state index is 0.117. The van der Waals surface area contributed by atoms with Crippen molar-refractivity contribution in [2.24, 2.45) is 0 Å². The molecule has 0 unspecified atom stereocenters. The highest BCUT2D eigenvalue weighted by atomic mass is 127. The van der Waals surface area contributed by atoms with Crippen molar-refractivity contribution < 1.29 is 4.79 Å². The molecule has 0 N–H and O–H groups in total. The second-order valence-electron chi connectivity index (χ2n) is 5.71. The summed E-state index contributed by atoms with van der Waals surface area (Å²) >= 11 is 2.43. The van der Waals surface area contributed by atoms with Crippen LogP contribution in [-0.2, 0) is 0 Å². The molecular weight excluding hydrogens is 383 g/mol. The van der Waals surface area contributed by atoms with Crippen LogP contribution < -0.4 is 0 Å². The van der Waals surface area contributed by atoms with Crippen molar-refractivity contribution in [2.45, 2.75) is 39.0 Å². The number of Topliss-reactive ketones (excluding diaryl/α,β-unsaturated/α-hetero) is 1. The van der Waals surface area contributed by atoms with E-state index >= 15 is 0 Å². The first kappa shape index (κ1) is 17.2. The first-order valence-corrected chi connectivity index (χ1v) is 9.47. The average molecular weight is 406 g/mol. The number of rotatable bonds is 7. The van der Waals surface area contributed by atoms with Crippen LogP contribution in [0.15, 0.2) is 65.3 Å². The molecule has 1 aromatic rings. The molecule has 0 bridgehead atoms. The Morgan fingerprint density at radius 3 is 2.64 bits per heavy atom. The summed E-state index contributed by atoms with van der Waals surface area (Å²) < 4.78 is 1.24. The Bertz CT molecular complexity index is 593. The average Bonchev–Trinajstić information content (AvgIpc) is 2.59. The summed E-state index contributed by atoms with van der Waals surface area (Å²) in [5.41, 5.74) is 4.31. The third-order valence-corrected chi connectivity index (χ3v) is 4.76. The highest BCUT2D eigenvalue weighted by Gasteiger charge is 2.13. The molecule has 0 aliphatic heterocycles. The molecule has 2 heteroatoms. The minimum Gasteiger partial charge on any atom is -0.289 e. The van der Waals surface area contributed by atoms with Gasteiger partial charge in [-0.15, -0.1) is 0 Å². The van der Waals surface area contributed by atoms with Crippen LogP contribution in [0.25, 0.3) is 0 Å². The number of alkyl halides is 1. The van der Waals surface area contributed by atoms with E-state index in [-0.39, 0.29) is 5.78 Å². The summed E-state index contributed by atoms with van der Waals surface area (Å²) in [4.78, 5) is 12.5. The van der Waals surface area contributed by atoms with Crippen LogP contribution in [0.3, 0.4) is 0 Å². The fraction of sp³-hybridized carbons (Fsp3) is 0.350. The maximum Gasteiger partial charge on any atom is 0.193 e. The zero-order valence-electron chi connectivity index (χ0n) is 13.1. The number of halogens is 1. The Kier molecular flexibility index (Phi) is 7.10. The van der Waals surface area contributed by atoms with Gasteiger partial charge in [-0.2, -0.15) is 0 Å². The van der Waals surface area contributed by atoms with Gasteiger partial charge in [0.1, 0.15) is 0 Å². The number of unbranched alkanes of at least 4 members (excludes halogenated alkanes) is 2. The molecule has 0 amide bonds. The van der Waals surface area contributed by atoms with E-state index in [1.54, 1.807) is 0 Å². The topological polar surface area (TPSA) is 17.1 Å². The zero-order valence-corrected chi connectivity index (χ0v) is 15.3. The molecule has 1 aromatic carbocycles. The standard InChI is InChI=1S/C20H23IO/c1-16(9-4-3-7-14-21)18-12-8-13-19(15-18)20(22)17-10-5-2-6-11-17/h2,5-6,8,10-11,13,15H,3-4,7,9,12,14H2,1H3/b18-16+. The quantitative estimate of drug-likeness (QED) is 0.233. The maximum absolute atomic E-state index is 12.5. The second-order valence-corrected chi connectivity index (χ2v) is 6.79. The van der Waals surface area contributed by atoms with E-state index < -0.39 is 0 Å². The van der Waals surface area contributed by atoms with Gasteiger partial charge in [0.15, 0.2) is 5.78 Å². The number of hydrogen-bond acceptors (Lipinski definition) is 1. The monoisotopic (exact) mass is 406 g/mol. The van der Waals surface area contributed by atoms with E-state index in [0.29, 0.717) is 0 Å². The molecule has 1 aliphatic rings. The molecule has 0 aromatic heterocycles. The lowest BCUT2D eigenvalue weighted by Crippen LogP contribution is -2.04. The molecule has 2 rings (SSSR count). The molecule has 0 heterocycles. The van der Waals surface area contributed by atoms with Crippen molar-refractivity contribution >= 4 is 28.4 Å². The lowest BCUT2D eigenvalue weighted by Gasteiger charge is -2.13. The van der Waals surface area contributed by atoms with Crippen LogP contribution >= 0.6 is 22.6 Å². The number of allylic oxidation sites excluding steroid dienone is 6. The van der Waals surface area contributed by atoms with E-state index in [4.69, 9.17) is 0 Å². The fourth-order valence-corrected chi connectivity index (χ4v) is 3.16. The van der Waals surface area contributed by atoms with Crippen LogP contribution in [0.2, 0.25) is 0 Å². The van der Waals surface area contributed by atoms with Crippen LogP contribution in [0.5, 0.6) is 0 Å². The molecule has 0 saturated carbocycles. The van der Waals surface area contributed by atoms with E-state index in [9.17, 15) is 4.79 Å². The Morgan fingerprint density at radius 2 is 1.91 bits per heavy atom. The van der Waals surface area contributed by atoms with Crippen molar-refractivity contribution in [3.8, 4) is 0 Å². The van der Waals surface area contributed by atoms with E-state index in [2.05, 4.69) is 41.7 Å². The summed E-state index contributed by atoms with van der Waals surface area (Å²) in [5, 5.41) is 0. The smallest absolute Gasteiger partial charge is 0.193 e. The van der Waals surface area contributed by atoms with E-state index in [0.717, 1.165) is 24.0 Å². The molecule has 1 aliphatic carbocycles. The Balaban J connectivity index is 2.08. The van der Waals surface area contributed by atoms with Gasteiger partial charge in [0.2, 0.25) is 0 Å². The lowest BCUT2D eigenvalue weighted by atomic mass is 9.92. The molecule has 0 radical (unpaired) electrons. The molecule has 0 saturated heterocycles. The Labute approximate surface area is 147 Å². The predicted octanol–water partition coefficient (Wildman–Crippen LogP) is 6.07. The van der Waals surface area contributed by atoms with Gasteiger partial charge in [-0.3, -0.25) is 4.79 Å². The van der Waals surface area contributed by atoms with Gasteiger partial charge in [0.25, 0.3) is 0 Å². The summed E-state index contributed by atoms with van der Waals surface area (Å²) in [6, 6.07) is 9.52. The van der Waals surface area contributed by atoms with Crippen LogP contribution in [0.1, 0.15) is 49.4 Å². The van der Waals surface area contributed by atoms with Crippen molar-refractivity contribution in [2.75, 3.05) is 4.43 Å². The first-order chi connectivity index (χ1) is 10.7. The van der Waals surface area contributed by atoms with Crippen molar-refractivity contribution in [3.05, 3.63) is 70.8 Å². The summed E-state index contributed by atoms with van der Waals surface area (Å²) in [5.74, 6) is 0.117. The van der Waals surface area contributed by atoms with Gasteiger partial charge < -0.3 is 0 Å². The molecule has 0 spiro atoms. The largest absolute Gasteiger partial charge is 0.289 e. The number of benzene rings is 1. The molecule has 0 fully saturated rings. The van der Waals surface area contributed by atoms with Crippen LogP contribution in [0.4, 0.5) is 0 Å². The first-order valence-electron chi connectivity index (χ1n) is 7.95. The van der Waals surface area contributed by atoms with Gasteiger partial charge in [-0.1, -0.05) is 77.1 Å². The van der Waals surface area contributed by atoms with Gasteiger partial charge in [-0.05, 0) is 48.7 Å². The lowest BCUT2D eigenvalue weighted by molar-refractivity contribution is 0.103. The normalized spacial score (nSPS) is 16.4. The van der Waals surface area contributed by atoms with Crippen LogP contribution in [-0.4, -0.2) is 10.2 Å². The fourth-order valence-electron chi connectivity index (χ4n) is 2.62. The predicted molar refractivity (Wildman–Crippen MR) is 103 cm³/mol. The number of carbonyl (C=O) groups is 1. The van der Waals surface area contributed by atoms with Crippen LogP contribution in [0, 0.1) is 0 Å². The maximum atomic E-state index is 12.5. The number of carbonyl (C=O) groups excluding carboxylic acids is 1. The molecule has 1 nitrogen and oxygen atoms in total. The van der Waals surface area contributed by atoms with Gasteiger partial charge >= 0.3 is 0 Å². The molecule has 22 heavy (non-hydrogen) atoms. The Hall–Kier alpha value is -1.16. The Morgan fingerprint density at radius 1 is 1.14 bits per heavy atom. The third-order valence-electron chi connectivity index (χ3n) is 4.00. The van der Waals surface area contributed by atoms with Gasteiger partial charge in [-0.25, -0.2) is 0 Å². The molecule has 116 valence electrons. The molecular formula is C20H23IO. The summed E-state index contributed by atoms with van der Waals surface area (Å²) in [7, 11) is 0. The number of hydrogen-bond donors (Lipinski definition) is 0. The third kappa shape index (κ3) is 4.94.